The maximum atomic E-state index is 12.9. The molecule has 1 aromatic carbocycles. The number of hydrogen-bond acceptors (Lipinski definition) is 7. The van der Waals surface area contributed by atoms with E-state index in [9.17, 15) is 4.79 Å². The number of rotatable bonds is 4. The Morgan fingerprint density at radius 2 is 2.10 bits per heavy atom. The third kappa shape index (κ3) is 4.12. The van der Waals surface area contributed by atoms with Crippen molar-refractivity contribution < 1.29 is 9.53 Å². The first kappa shape index (κ1) is 21.2. The summed E-state index contributed by atoms with van der Waals surface area (Å²) in [5.41, 5.74) is 2.57. The topological polar surface area (TPSA) is 88.4 Å². The molecule has 0 bridgehead atoms. The maximum Gasteiger partial charge on any atom is 0.321 e. The number of anilines is 2. The summed E-state index contributed by atoms with van der Waals surface area (Å²) in [6.45, 7) is 5.95. The van der Waals surface area contributed by atoms with Gasteiger partial charge < -0.3 is 19.9 Å². The van der Waals surface area contributed by atoms with E-state index < -0.39 is 0 Å². The fourth-order valence-corrected chi connectivity index (χ4v) is 4.21. The van der Waals surface area contributed by atoms with Gasteiger partial charge in [0.05, 0.1) is 18.7 Å². The summed E-state index contributed by atoms with van der Waals surface area (Å²) < 4.78 is 7.01. The number of aryl methyl sites for hydroxylation is 2. The van der Waals surface area contributed by atoms with Crippen LogP contribution in [-0.4, -0.2) is 69.7 Å². The van der Waals surface area contributed by atoms with Crippen LogP contribution in [0.5, 0.6) is 5.75 Å². The predicted octanol–water partition coefficient (Wildman–Crippen LogP) is 3.14. The van der Waals surface area contributed by atoms with Crippen LogP contribution in [0, 0.1) is 6.92 Å². The first-order chi connectivity index (χ1) is 14.9. The lowest BCUT2D eigenvalue weighted by molar-refractivity contribution is 0.200. The van der Waals surface area contributed by atoms with E-state index in [1.54, 1.807) is 11.8 Å². The maximum absolute atomic E-state index is 12.9. The number of aromatic nitrogens is 4. The van der Waals surface area contributed by atoms with Crippen LogP contribution < -0.4 is 15.0 Å². The Balaban J connectivity index is 1.50. The molecule has 10 heteroatoms. The first-order valence-corrected chi connectivity index (χ1v) is 11.3. The van der Waals surface area contributed by atoms with Gasteiger partial charge in [-0.15, -0.1) is 0 Å². The average molecular weight is 442 g/mol. The lowest BCUT2D eigenvalue weighted by Crippen LogP contribution is -2.55. The van der Waals surface area contributed by atoms with Crippen molar-refractivity contribution in [2.75, 3.05) is 43.2 Å². The molecule has 2 amide bonds. The molecular formula is C21H27N7O2S. The molecule has 1 aliphatic heterocycles. The molecule has 2 aromatic heterocycles. The number of nitrogens with zero attached hydrogens (tertiary/aromatic N) is 6. The van der Waals surface area contributed by atoms with E-state index in [1.807, 2.05) is 49.5 Å². The molecule has 31 heavy (non-hydrogen) atoms. The summed E-state index contributed by atoms with van der Waals surface area (Å²) in [5.74, 6) is 1.65. The monoisotopic (exact) mass is 441 g/mol. The van der Waals surface area contributed by atoms with Crippen LogP contribution >= 0.6 is 11.8 Å². The molecule has 0 radical (unpaired) electrons. The van der Waals surface area contributed by atoms with Crippen LogP contribution in [0.3, 0.4) is 0 Å². The number of hydrogen-bond donors (Lipinski definition) is 1. The van der Waals surface area contributed by atoms with Gasteiger partial charge in [0.1, 0.15) is 11.6 Å². The molecule has 0 saturated carbocycles. The number of carbonyl (C=O) groups excluding carboxylic acids is 1. The van der Waals surface area contributed by atoms with E-state index in [0.717, 1.165) is 33.9 Å². The Bertz CT molecular complexity index is 1120. The number of methoxy groups -OCH3 is 1. The van der Waals surface area contributed by atoms with Gasteiger partial charge >= 0.3 is 6.03 Å². The van der Waals surface area contributed by atoms with Gasteiger partial charge in [0.15, 0.2) is 10.8 Å². The molecule has 164 valence electrons. The van der Waals surface area contributed by atoms with E-state index in [4.69, 9.17) is 9.72 Å². The van der Waals surface area contributed by atoms with Crippen LogP contribution in [0.25, 0.3) is 11.0 Å². The highest BCUT2D eigenvalue weighted by molar-refractivity contribution is 7.98. The van der Waals surface area contributed by atoms with Crippen LogP contribution in [-0.2, 0) is 7.05 Å². The number of thioether (sulfide) groups is 1. The van der Waals surface area contributed by atoms with Crippen LogP contribution in [0.15, 0.2) is 29.6 Å². The van der Waals surface area contributed by atoms with E-state index in [-0.39, 0.29) is 12.1 Å². The summed E-state index contributed by atoms with van der Waals surface area (Å²) in [6.07, 6.45) is 3.78. The predicted molar refractivity (Wildman–Crippen MR) is 123 cm³/mol. The molecule has 1 aliphatic rings. The Morgan fingerprint density at radius 3 is 2.77 bits per heavy atom. The molecule has 1 N–H and O–H groups in total. The number of ether oxygens (including phenoxy) is 1. The zero-order valence-corrected chi connectivity index (χ0v) is 19.2. The van der Waals surface area contributed by atoms with Crippen molar-refractivity contribution in [3.63, 3.8) is 0 Å². The molecular weight excluding hydrogens is 414 g/mol. The molecule has 3 aromatic rings. The van der Waals surface area contributed by atoms with Crippen molar-refractivity contribution in [1.29, 1.82) is 0 Å². The largest absolute Gasteiger partial charge is 0.497 e. The van der Waals surface area contributed by atoms with Gasteiger partial charge in [-0.1, -0.05) is 11.8 Å². The molecule has 9 nitrogen and oxygen atoms in total. The van der Waals surface area contributed by atoms with Crippen molar-refractivity contribution in [3.8, 4) is 5.75 Å². The Morgan fingerprint density at radius 1 is 1.29 bits per heavy atom. The molecule has 0 spiro atoms. The zero-order valence-electron chi connectivity index (χ0n) is 18.4. The summed E-state index contributed by atoms with van der Waals surface area (Å²) >= 11 is 1.51. The van der Waals surface area contributed by atoms with E-state index in [0.29, 0.717) is 24.8 Å². The minimum atomic E-state index is -0.0984. The van der Waals surface area contributed by atoms with Gasteiger partial charge in [-0.25, -0.2) is 14.8 Å². The molecule has 3 heterocycles. The molecule has 1 saturated heterocycles. The number of carbonyl (C=O) groups is 1. The number of fused-ring (bicyclic) bond motifs is 1. The van der Waals surface area contributed by atoms with Gasteiger partial charge in [0.25, 0.3) is 0 Å². The Labute approximate surface area is 185 Å². The number of nitrogens with one attached hydrogen (secondary N) is 1. The molecule has 4 rings (SSSR count). The zero-order chi connectivity index (χ0) is 22.1. The smallest absolute Gasteiger partial charge is 0.321 e. The second kappa shape index (κ2) is 8.62. The highest BCUT2D eigenvalue weighted by Gasteiger charge is 2.30. The minimum absolute atomic E-state index is 0.0984. The van der Waals surface area contributed by atoms with Crippen molar-refractivity contribution in [2.24, 2.45) is 7.05 Å². The van der Waals surface area contributed by atoms with Crippen LogP contribution in [0.2, 0.25) is 0 Å². The molecule has 1 fully saturated rings. The van der Waals surface area contributed by atoms with Crippen molar-refractivity contribution in [1.82, 2.24) is 24.6 Å². The summed E-state index contributed by atoms with van der Waals surface area (Å²) in [7, 11) is 3.52. The lowest BCUT2D eigenvalue weighted by atomic mass is 10.1. The first-order valence-electron chi connectivity index (χ1n) is 10.1. The third-order valence-electron chi connectivity index (χ3n) is 5.60. The van der Waals surface area contributed by atoms with Gasteiger partial charge in [0, 0.05) is 38.4 Å². The van der Waals surface area contributed by atoms with E-state index >= 15 is 0 Å². The van der Waals surface area contributed by atoms with E-state index in [1.165, 1.54) is 11.8 Å². The van der Waals surface area contributed by atoms with Gasteiger partial charge in [-0.05, 0) is 43.9 Å². The van der Waals surface area contributed by atoms with Crippen molar-refractivity contribution in [3.05, 3.63) is 30.0 Å². The molecule has 0 unspecified atom stereocenters. The minimum Gasteiger partial charge on any atom is -0.497 e. The third-order valence-corrected chi connectivity index (χ3v) is 6.14. The highest BCUT2D eigenvalue weighted by atomic mass is 32.2. The van der Waals surface area contributed by atoms with Crippen molar-refractivity contribution in [2.45, 2.75) is 25.0 Å². The van der Waals surface area contributed by atoms with E-state index in [2.05, 4.69) is 27.2 Å². The summed E-state index contributed by atoms with van der Waals surface area (Å²) in [5, 5.41) is 9.03. The fraction of sp³-hybridized carbons (Fsp3) is 0.429. The Kier molecular flexibility index (Phi) is 5.90. The van der Waals surface area contributed by atoms with Crippen molar-refractivity contribution >= 4 is 40.3 Å². The van der Waals surface area contributed by atoms with Gasteiger partial charge in [0.2, 0.25) is 0 Å². The molecule has 1 atom stereocenters. The van der Waals surface area contributed by atoms with Gasteiger partial charge in [-0.3, -0.25) is 4.68 Å². The number of benzene rings is 1. The lowest BCUT2D eigenvalue weighted by Gasteiger charge is -2.40. The number of piperazine rings is 1. The second-order valence-corrected chi connectivity index (χ2v) is 8.41. The Hall–Kier alpha value is -3.01. The average Bonchev–Trinajstić information content (AvgIpc) is 3.15. The summed E-state index contributed by atoms with van der Waals surface area (Å²) in [4.78, 5) is 26.3. The molecule has 0 aliphatic carbocycles. The summed E-state index contributed by atoms with van der Waals surface area (Å²) in [6, 6.07) is 5.63. The van der Waals surface area contributed by atoms with Crippen LogP contribution in [0.1, 0.15) is 12.5 Å². The standard InChI is InChI=1S/C21H27N7O2S/c1-13-10-15(30-4)6-7-17(13)23-21(29)27-8-9-28(14(2)12-27)19-16-11-22-26(3)18(16)24-20(25-19)31-5/h6-7,10-11,14H,8-9,12H2,1-5H3,(H,23,29)/t14-/m0/s1. The quantitative estimate of drug-likeness (QED) is 0.491. The highest BCUT2D eigenvalue weighted by Crippen LogP contribution is 2.29. The number of urea groups is 1. The second-order valence-electron chi connectivity index (χ2n) is 7.64. The van der Waals surface area contributed by atoms with Crippen LogP contribution in [0.4, 0.5) is 16.3 Å². The van der Waals surface area contributed by atoms with Gasteiger partial charge in [-0.2, -0.15) is 5.10 Å². The SMILES string of the molecule is COc1ccc(NC(=O)N2CCN(c3nc(SC)nc4c3cnn4C)[C@@H](C)C2)c(C)c1. The normalized spacial score (nSPS) is 16.6. The number of amides is 2. The fourth-order valence-electron chi connectivity index (χ4n) is 3.85.